The number of carbonyl (C=O) groups is 1. The van der Waals surface area contributed by atoms with Crippen LogP contribution in [0.4, 0.5) is 0 Å². The van der Waals surface area contributed by atoms with Gasteiger partial charge in [-0.25, -0.2) is 4.98 Å². The molecule has 5 nitrogen and oxygen atoms in total. The average Bonchev–Trinajstić information content (AvgIpc) is 3.48. The summed E-state index contributed by atoms with van der Waals surface area (Å²) in [5.74, 6) is 1.01. The fraction of sp³-hybridized carbons (Fsp3) is 0.364. The molecule has 5 heteroatoms. The van der Waals surface area contributed by atoms with Crippen LogP contribution in [0.5, 0.6) is 0 Å². The van der Waals surface area contributed by atoms with Crippen molar-refractivity contribution >= 4 is 16.9 Å². The minimum absolute atomic E-state index is 0.0888. The minimum Gasteiger partial charge on any atom is -0.355 e. The van der Waals surface area contributed by atoms with Gasteiger partial charge in [-0.1, -0.05) is 30.3 Å². The molecule has 3 aromatic rings. The van der Waals surface area contributed by atoms with Gasteiger partial charge in [0.25, 0.3) is 0 Å². The van der Waals surface area contributed by atoms with Crippen molar-refractivity contribution in [1.82, 2.24) is 19.8 Å². The molecule has 27 heavy (non-hydrogen) atoms. The quantitative estimate of drug-likeness (QED) is 0.670. The van der Waals surface area contributed by atoms with Crippen molar-refractivity contribution in [2.24, 2.45) is 0 Å². The first-order valence-corrected chi connectivity index (χ1v) is 9.71. The first kappa shape index (κ1) is 17.7. The Hall–Kier alpha value is -2.66. The number of benzene rings is 2. The number of aromatic nitrogens is 2. The van der Waals surface area contributed by atoms with Crippen molar-refractivity contribution in [3.05, 3.63) is 60.4 Å². The first-order chi connectivity index (χ1) is 13.2. The van der Waals surface area contributed by atoms with Gasteiger partial charge in [0.15, 0.2) is 0 Å². The lowest BCUT2D eigenvalue weighted by molar-refractivity contribution is -0.121. The van der Waals surface area contributed by atoms with Gasteiger partial charge in [0, 0.05) is 37.7 Å². The molecule has 4 rings (SSSR count). The lowest BCUT2D eigenvalue weighted by Gasteiger charge is -2.15. The number of para-hydroxylation sites is 3. The molecule has 1 aromatic heterocycles. The molecule has 1 aliphatic carbocycles. The van der Waals surface area contributed by atoms with E-state index in [-0.39, 0.29) is 5.91 Å². The summed E-state index contributed by atoms with van der Waals surface area (Å²) in [5.41, 5.74) is 3.11. The Morgan fingerprint density at radius 1 is 1.15 bits per heavy atom. The third-order valence-electron chi connectivity index (χ3n) is 5.18. The molecule has 0 bridgehead atoms. The van der Waals surface area contributed by atoms with Crippen LogP contribution in [-0.4, -0.2) is 46.5 Å². The van der Waals surface area contributed by atoms with Crippen LogP contribution < -0.4 is 5.32 Å². The van der Waals surface area contributed by atoms with E-state index < -0.39 is 0 Å². The summed E-state index contributed by atoms with van der Waals surface area (Å²) in [6.45, 7) is 1.62. The zero-order valence-corrected chi connectivity index (χ0v) is 15.8. The number of fused-ring (bicyclic) bond motifs is 1. The zero-order chi connectivity index (χ0) is 18.6. The predicted octanol–water partition coefficient (Wildman–Crippen LogP) is 3.17. The van der Waals surface area contributed by atoms with Crippen molar-refractivity contribution in [2.45, 2.75) is 31.7 Å². The van der Waals surface area contributed by atoms with E-state index in [1.54, 1.807) is 0 Å². The molecule has 140 valence electrons. The fourth-order valence-corrected chi connectivity index (χ4v) is 3.49. The summed E-state index contributed by atoms with van der Waals surface area (Å²) in [7, 11) is 2.13. The second-order valence-electron chi connectivity index (χ2n) is 7.25. The van der Waals surface area contributed by atoms with Crippen LogP contribution in [0, 0.1) is 0 Å². The Morgan fingerprint density at radius 2 is 1.89 bits per heavy atom. The number of hydrogen-bond donors (Lipinski definition) is 1. The molecule has 1 aliphatic rings. The summed E-state index contributed by atoms with van der Waals surface area (Å²) < 4.78 is 2.16. The second kappa shape index (κ2) is 7.92. The largest absolute Gasteiger partial charge is 0.355 e. The second-order valence-corrected chi connectivity index (χ2v) is 7.25. The molecular formula is C22H26N4O. The van der Waals surface area contributed by atoms with E-state index in [0.717, 1.165) is 35.1 Å². The molecular weight excluding hydrogens is 336 g/mol. The van der Waals surface area contributed by atoms with Gasteiger partial charge < -0.3 is 10.2 Å². The van der Waals surface area contributed by atoms with E-state index in [2.05, 4.69) is 40.0 Å². The summed E-state index contributed by atoms with van der Waals surface area (Å²) in [6, 6.07) is 19.1. The van der Waals surface area contributed by atoms with Gasteiger partial charge in [0.2, 0.25) is 5.91 Å². The number of carbonyl (C=O) groups excluding carboxylic acids is 1. The summed E-state index contributed by atoms with van der Waals surface area (Å²) >= 11 is 0. The molecule has 0 aliphatic heterocycles. The zero-order valence-electron chi connectivity index (χ0n) is 15.8. The average molecular weight is 362 g/mol. The highest BCUT2D eigenvalue weighted by Crippen LogP contribution is 2.24. The first-order valence-electron chi connectivity index (χ1n) is 9.71. The van der Waals surface area contributed by atoms with E-state index in [0.29, 0.717) is 19.4 Å². The Kier molecular flexibility index (Phi) is 5.21. The van der Waals surface area contributed by atoms with Crippen LogP contribution >= 0.6 is 0 Å². The Balaban J connectivity index is 1.43. The van der Waals surface area contributed by atoms with Gasteiger partial charge in [0.1, 0.15) is 5.82 Å². The number of nitrogens with zero attached hydrogens (tertiary/aromatic N) is 3. The molecule has 2 aromatic carbocycles. The van der Waals surface area contributed by atoms with Crippen LogP contribution in [0.25, 0.3) is 16.7 Å². The van der Waals surface area contributed by atoms with Gasteiger partial charge in [-0.3, -0.25) is 9.36 Å². The molecule has 1 heterocycles. The number of rotatable bonds is 8. The van der Waals surface area contributed by atoms with Crippen LogP contribution in [0.1, 0.15) is 25.1 Å². The van der Waals surface area contributed by atoms with Crippen molar-refractivity contribution in [1.29, 1.82) is 0 Å². The number of amides is 1. The molecule has 1 N–H and O–H groups in total. The number of aryl methyl sites for hydroxylation is 1. The maximum absolute atomic E-state index is 12.3. The summed E-state index contributed by atoms with van der Waals surface area (Å²) in [4.78, 5) is 19.4. The van der Waals surface area contributed by atoms with Gasteiger partial charge in [0.05, 0.1) is 11.0 Å². The minimum atomic E-state index is 0.0888. The van der Waals surface area contributed by atoms with Crippen LogP contribution in [0.2, 0.25) is 0 Å². The van der Waals surface area contributed by atoms with E-state index in [4.69, 9.17) is 4.98 Å². The van der Waals surface area contributed by atoms with Gasteiger partial charge in [-0.05, 0) is 44.2 Å². The molecule has 0 atom stereocenters. The highest BCUT2D eigenvalue weighted by molar-refractivity contribution is 5.79. The van der Waals surface area contributed by atoms with Crippen molar-refractivity contribution < 1.29 is 4.79 Å². The van der Waals surface area contributed by atoms with E-state index in [9.17, 15) is 4.79 Å². The van der Waals surface area contributed by atoms with Crippen LogP contribution in [-0.2, 0) is 11.2 Å². The molecule has 0 unspecified atom stereocenters. The molecule has 1 saturated carbocycles. The van der Waals surface area contributed by atoms with E-state index in [1.165, 1.54) is 12.8 Å². The van der Waals surface area contributed by atoms with Crippen molar-refractivity contribution in [2.75, 3.05) is 20.1 Å². The number of hydrogen-bond acceptors (Lipinski definition) is 3. The maximum Gasteiger partial charge on any atom is 0.220 e. The monoisotopic (exact) mass is 362 g/mol. The normalized spacial score (nSPS) is 14.0. The number of nitrogens with one attached hydrogen (secondary N) is 1. The standard InChI is InChI=1S/C22H26N4O/c1-25(17-11-12-17)16-15-23-22(27)14-13-21-24-19-9-5-6-10-20(19)26(21)18-7-3-2-4-8-18/h2-10,17H,11-16H2,1H3,(H,23,27). The van der Waals surface area contributed by atoms with Crippen molar-refractivity contribution in [3.63, 3.8) is 0 Å². The Labute approximate surface area is 160 Å². The molecule has 1 fully saturated rings. The SMILES string of the molecule is CN(CCNC(=O)CCc1nc2ccccc2n1-c1ccccc1)C1CC1. The van der Waals surface area contributed by atoms with E-state index in [1.807, 2.05) is 36.4 Å². The molecule has 0 radical (unpaired) electrons. The molecule has 1 amide bonds. The van der Waals surface area contributed by atoms with Crippen LogP contribution in [0.15, 0.2) is 54.6 Å². The van der Waals surface area contributed by atoms with Gasteiger partial charge >= 0.3 is 0 Å². The fourth-order valence-electron chi connectivity index (χ4n) is 3.49. The lowest BCUT2D eigenvalue weighted by atomic mass is 10.2. The lowest BCUT2D eigenvalue weighted by Crippen LogP contribution is -2.34. The molecule has 0 spiro atoms. The smallest absolute Gasteiger partial charge is 0.220 e. The summed E-state index contributed by atoms with van der Waals surface area (Å²) in [5, 5.41) is 3.04. The predicted molar refractivity (Wildman–Crippen MR) is 108 cm³/mol. The highest BCUT2D eigenvalue weighted by atomic mass is 16.1. The Bertz CT molecular complexity index is 914. The highest BCUT2D eigenvalue weighted by Gasteiger charge is 2.25. The van der Waals surface area contributed by atoms with Gasteiger partial charge in [-0.2, -0.15) is 0 Å². The Morgan fingerprint density at radius 3 is 2.67 bits per heavy atom. The maximum atomic E-state index is 12.3. The van der Waals surface area contributed by atoms with E-state index >= 15 is 0 Å². The number of imidazole rings is 1. The summed E-state index contributed by atoms with van der Waals surface area (Å²) in [6.07, 6.45) is 3.65. The third-order valence-corrected chi connectivity index (χ3v) is 5.18. The van der Waals surface area contributed by atoms with Gasteiger partial charge in [-0.15, -0.1) is 0 Å². The number of likely N-dealkylation sites (N-methyl/N-ethyl adjacent to an activating group) is 1. The topological polar surface area (TPSA) is 50.2 Å². The molecule has 0 saturated heterocycles. The third kappa shape index (κ3) is 4.19. The van der Waals surface area contributed by atoms with Crippen molar-refractivity contribution in [3.8, 4) is 5.69 Å². The van der Waals surface area contributed by atoms with Crippen LogP contribution in [0.3, 0.4) is 0 Å².